The van der Waals surface area contributed by atoms with Crippen molar-refractivity contribution in [3.8, 4) is 0 Å². The summed E-state index contributed by atoms with van der Waals surface area (Å²) in [7, 11) is 0. The van der Waals surface area contributed by atoms with Crippen LogP contribution in [0.2, 0.25) is 0 Å². The van der Waals surface area contributed by atoms with Crippen molar-refractivity contribution in [1.29, 1.82) is 0 Å². The van der Waals surface area contributed by atoms with Crippen LogP contribution >= 0.6 is 0 Å². The molecule has 2 nitrogen and oxygen atoms in total. The van der Waals surface area contributed by atoms with Crippen LogP contribution in [0.4, 0.5) is 0 Å². The van der Waals surface area contributed by atoms with E-state index in [-0.39, 0.29) is 11.3 Å². The largest absolute Gasteiger partial charge is 0.481 e. The molecule has 0 bridgehead atoms. The van der Waals surface area contributed by atoms with Gasteiger partial charge in [-0.25, -0.2) is 0 Å². The van der Waals surface area contributed by atoms with Crippen LogP contribution in [0.1, 0.15) is 46.5 Å². The number of rotatable bonds is 3. The Morgan fingerprint density at radius 2 is 2.00 bits per heavy atom. The molecule has 0 radical (unpaired) electrons. The molecule has 1 atom stereocenters. The average Bonchev–Trinajstić information content (AvgIpc) is 1.79. The van der Waals surface area contributed by atoms with Gasteiger partial charge < -0.3 is 5.11 Å². The van der Waals surface area contributed by atoms with Gasteiger partial charge in [-0.15, -0.1) is 0 Å². The van der Waals surface area contributed by atoms with E-state index in [2.05, 4.69) is 0 Å². The maximum absolute atomic E-state index is 11.0. The maximum Gasteiger partial charge on any atom is 0.307 e. The molecule has 0 amide bonds. The lowest BCUT2D eigenvalue weighted by Crippen LogP contribution is -2.31. The fourth-order valence-corrected chi connectivity index (χ4v) is 1.89. The third-order valence-electron chi connectivity index (χ3n) is 3.14. The van der Waals surface area contributed by atoms with Crippen LogP contribution in [0, 0.1) is 17.3 Å². The van der Waals surface area contributed by atoms with Gasteiger partial charge in [-0.3, -0.25) is 4.79 Å². The van der Waals surface area contributed by atoms with Crippen LogP contribution in [-0.4, -0.2) is 11.1 Å². The Labute approximate surface area is 80.3 Å². The lowest BCUT2D eigenvalue weighted by molar-refractivity contribution is -0.146. The molecule has 0 aromatic carbocycles. The second-order valence-electron chi connectivity index (χ2n) is 5.29. The van der Waals surface area contributed by atoms with E-state index < -0.39 is 5.97 Å². The van der Waals surface area contributed by atoms with Gasteiger partial charge in [0.05, 0.1) is 5.92 Å². The Hall–Kier alpha value is -0.530. The maximum atomic E-state index is 11.0. The molecule has 0 saturated heterocycles. The smallest absolute Gasteiger partial charge is 0.307 e. The number of carboxylic acid groups (broad SMARTS) is 1. The van der Waals surface area contributed by atoms with Gasteiger partial charge in [-0.1, -0.05) is 40.0 Å². The molecule has 76 valence electrons. The summed E-state index contributed by atoms with van der Waals surface area (Å²) in [6.07, 6.45) is 4.64. The van der Waals surface area contributed by atoms with Gasteiger partial charge in [0.25, 0.3) is 0 Å². The molecule has 1 rings (SSSR count). The van der Waals surface area contributed by atoms with Crippen molar-refractivity contribution in [3.63, 3.8) is 0 Å². The second kappa shape index (κ2) is 3.69. The van der Waals surface area contributed by atoms with E-state index in [0.717, 1.165) is 6.42 Å². The van der Waals surface area contributed by atoms with E-state index in [9.17, 15) is 4.79 Å². The highest BCUT2D eigenvalue weighted by Gasteiger charge is 2.34. The fraction of sp³-hybridized carbons (Fsp3) is 0.909. The molecule has 1 saturated carbocycles. The van der Waals surface area contributed by atoms with E-state index in [1.165, 1.54) is 19.3 Å². The Balaban J connectivity index is 2.51. The van der Waals surface area contributed by atoms with Crippen molar-refractivity contribution in [2.45, 2.75) is 46.5 Å². The minimum atomic E-state index is -0.626. The van der Waals surface area contributed by atoms with Gasteiger partial charge in [0.2, 0.25) is 0 Å². The monoisotopic (exact) mass is 184 g/mol. The second-order valence-corrected chi connectivity index (χ2v) is 5.29. The first-order valence-electron chi connectivity index (χ1n) is 5.14. The Kier molecular flexibility index (Phi) is 2.99. The van der Waals surface area contributed by atoms with Crippen LogP contribution in [0.15, 0.2) is 0 Å². The van der Waals surface area contributed by atoms with Crippen molar-refractivity contribution in [2.75, 3.05) is 0 Å². The van der Waals surface area contributed by atoms with Crippen molar-refractivity contribution in [3.05, 3.63) is 0 Å². The summed E-state index contributed by atoms with van der Waals surface area (Å²) in [6.45, 7) is 6.05. The summed E-state index contributed by atoms with van der Waals surface area (Å²) in [5, 5.41) is 9.08. The third-order valence-corrected chi connectivity index (χ3v) is 3.14. The van der Waals surface area contributed by atoms with Crippen LogP contribution in [0.3, 0.4) is 0 Å². The molecule has 1 N–H and O–H groups in total. The lowest BCUT2D eigenvalue weighted by Gasteiger charge is -2.34. The van der Waals surface area contributed by atoms with Crippen LogP contribution in [0.25, 0.3) is 0 Å². The van der Waals surface area contributed by atoms with Crippen LogP contribution < -0.4 is 0 Å². The zero-order valence-electron chi connectivity index (χ0n) is 8.84. The van der Waals surface area contributed by atoms with Crippen LogP contribution in [-0.2, 0) is 4.79 Å². The summed E-state index contributed by atoms with van der Waals surface area (Å²) in [5.74, 6) is -0.113. The number of carboxylic acids is 1. The van der Waals surface area contributed by atoms with E-state index in [1.54, 1.807) is 0 Å². The molecule has 0 aliphatic heterocycles. The highest BCUT2D eigenvalue weighted by atomic mass is 16.4. The SMILES string of the molecule is CC(C)(C)C(CC1CCC1)C(=O)O. The average molecular weight is 184 g/mol. The molecule has 1 aliphatic carbocycles. The van der Waals surface area contributed by atoms with Gasteiger partial charge >= 0.3 is 5.97 Å². The fourth-order valence-electron chi connectivity index (χ4n) is 1.89. The van der Waals surface area contributed by atoms with Crippen molar-refractivity contribution < 1.29 is 9.90 Å². The number of carbonyl (C=O) groups is 1. The number of aliphatic carboxylic acids is 1. The third kappa shape index (κ3) is 2.71. The van der Waals surface area contributed by atoms with E-state index in [0.29, 0.717) is 5.92 Å². The van der Waals surface area contributed by atoms with Crippen molar-refractivity contribution in [1.82, 2.24) is 0 Å². The minimum Gasteiger partial charge on any atom is -0.481 e. The van der Waals surface area contributed by atoms with E-state index in [1.807, 2.05) is 20.8 Å². The Bertz CT molecular complexity index is 187. The molecular weight excluding hydrogens is 164 g/mol. The first-order valence-corrected chi connectivity index (χ1v) is 5.14. The lowest BCUT2D eigenvalue weighted by atomic mass is 9.71. The van der Waals surface area contributed by atoms with Gasteiger partial charge in [0, 0.05) is 0 Å². The first kappa shape index (κ1) is 10.6. The molecule has 0 aromatic rings. The predicted molar refractivity (Wildman–Crippen MR) is 52.5 cm³/mol. The normalized spacial score (nSPS) is 20.8. The molecule has 0 aromatic heterocycles. The number of hydrogen-bond donors (Lipinski definition) is 1. The van der Waals surface area contributed by atoms with E-state index >= 15 is 0 Å². The molecule has 1 unspecified atom stereocenters. The molecular formula is C11H20O2. The zero-order chi connectivity index (χ0) is 10.1. The summed E-state index contributed by atoms with van der Waals surface area (Å²) >= 11 is 0. The molecule has 0 heterocycles. The molecule has 13 heavy (non-hydrogen) atoms. The predicted octanol–water partition coefficient (Wildman–Crippen LogP) is 2.92. The quantitative estimate of drug-likeness (QED) is 0.732. The Morgan fingerprint density at radius 1 is 1.46 bits per heavy atom. The summed E-state index contributed by atoms with van der Waals surface area (Å²) in [6, 6.07) is 0. The standard InChI is InChI=1S/C11H20O2/c1-11(2,3)9(10(12)13)7-8-5-4-6-8/h8-9H,4-7H2,1-3H3,(H,12,13). The van der Waals surface area contributed by atoms with Crippen molar-refractivity contribution >= 4 is 5.97 Å². The van der Waals surface area contributed by atoms with Gasteiger partial charge in [0.15, 0.2) is 0 Å². The summed E-state index contributed by atoms with van der Waals surface area (Å²) in [5.41, 5.74) is -0.0958. The van der Waals surface area contributed by atoms with Crippen molar-refractivity contribution in [2.24, 2.45) is 17.3 Å². The minimum absolute atomic E-state index is 0.0958. The molecule has 1 fully saturated rings. The Morgan fingerprint density at radius 3 is 2.23 bits per heavy atom. The van der Waals surface area contributed by atoms with Gasteiger partial charge in [0.1, 0.15) is 0 Å². The van der Waals surface area contributed by atoms with Gasteiger partial charge in [-0.05, 0) is 17.8 Å². The summed E-state index contributed by atoms with van der Waals surface area (Å²) in [4.78, 5) is 11.0. The highest BCUT2D eigenvalue weighted by Crippen LogP contribution is 2.38. The topological polar surface area (TPSA) is 37.3 Å². The first-order chi connectivity index (χ1) is 5.91. The summed E-state index contributed by atoms with van der Waals surface area (Å²) < 4.78 is 0. The molecule has 0 spiro atoms. The molecule has 2 heteroatoms. The van der Waals surface area contributed by atoms with Crippen LogP contribution in [0.5, 0.6) is 0 Å². The number of hydrogen-bond acceptors (Lipinski definition) is 1. The van der Waals surface area contributed by atoms with E-state index in [4.69, 9.17) is 5.11 Å². The highest BCUT2D eigenvalue weighted by molar-refractivity contribution is 5.70. The molecule has 1 aliphatic rings. The zero-order valence-corrected chi connectivity index (χ0v) is 8.84. The van der Waals surface area contributed by atoms with Gasteiger partial charge in [-0.2, -0.15) is 0 Å².